The van der Waals surface area contributed by atoms with Crippen molar-refractivity contribution in [1.82, 2.24) is 0 Å². The zero-order chi connectivity index (χ0) is 10.1. The van der Waals surface area contributed by atoms with Crippen LogP contribution in [0.3, 0.4) is 0 Å². The average molecular weight is 176 g/mol. The van der Waals surface area contributed by atoms with E-state index in [-0.39, 0.29) is 10.8 Å². The van der Waals surface area contributed by atoms with E-state index < -0.39 is 0 Å². The molecule has 1 nitrogen and oxygen atoms in total. The predicted molar refractivity (Wildman–Crippen MR) is 56.1 cm³/mol. The van der Waals surface area contributed by atoms with Gasteiger partial charge in [-0.1, -0.05) is 45.0 Å². The summed E-state index contributed by atoms with van der Waals surface area (Å²) in [5, 5.41) is 0. The molecule has 0 aromatic heterocycles. The normalized spacial score (nSPS) is 11.4. The van der Waals surface area contributed by atoms with Crippen LogP contribution in [0.25, 0.3) is 0 Å². The molecule has 0 bridgehead atoms. The molecule has 1 rings (SSSR count). The molecule has 0 radical (unpaired) electrons. The largest absolute Gasteiger partial charge is 0.289 e. The second kappa shape index (κ2) is 3.33. The van der Waals surface area contributed by atoms with Crippen LogP contribution in [0.4, 0.5) is 0 Å². The third-order valence-electron chi connectivity index (χ3n) is 2.13. The maximum absolute atomic E-state index is 11.8. The minimum absolute atomic E-state index is 0.0686. The van der Waals surface area contributed by atoms with Crippen LogP contribution in [0.2, 0.25) is 0 Å². The van der Waals surface area contributed by atoms with Gasteiger partial charge in [0.25, 0.3) is 0 Å². The van der Waals surface area contributed by atoms with E-state index in [2.05, 4.69) is 20.8 Å². The summed E-state index contributed by atoms with van der Waals surface area (Å²) in [7, 11) is 0. The van der Waals surface area contributed by atoms with Gasteiger partial charge in [-0.05, 0) is 17.9 Å². The Morgan fingerprint density at radius 1 is 1.08 bits per heavy atom. The van der Waals surface area contributed by atoms with Gasteiger partial charge < -0.3 is 0 Å². The summed E-state index contributed by atoms with van der Waals surface area (Å²) in [6.45, 7) is 8.03. The fraction of sp³-hybridized carbons (Fsp3) is 0.417. The summed E-state index contributed by atoms with van der Waals surface area (Å²) < 4.78 is 0. The molecule has 0 aliphatic rings. The zero-order valence-electron chi connectivity index (χ0n) is 8.72. The Balaban J connectivity index is 3.51. The summed E-state index contributed by atoms with van der Waals surface area (Å²) >= 11 is 0. The van der Waals surface area contributed by atoms with Gasteiger partial charge in [0, 0.05) is 5.56 Å². The first-order chi connectivity index (χ1) is 5.93. The van der Waals surface area contributed by atoms with E-state index in [0.29, 0.717) is 0 Å². The van der Waals surface area contributed by atoms with Gasteiger partial charge in [0.05, 0.1) is 0 Å². The number of hydrogen-bond acceptors (Lipinski definition) is 1. The van der Waals surface area contributed by atoms with Crippen LogP contribution in [0.5, 0.6) is 0 Å². The molecule has 1 aromatic rings. The highest BCUT2D eigenvalue weighted by atomic mass is 16.1. The number of rotatable bonds is 0. The van der Waals surface area contributed by atoms with Gasteiger partial charge in [0.1, 0.15) is 0 Å². The fourth-order valence-corrected chi connectivity index (χ4v) is 1.31. The Kier molecular flexibility index (Phi) is 2.55. The summed E-state index contributed by atoms with van der Waals surface area (Å²) in [6.07, 6.45) is 0. The second-order valence-corrected chi connectivity index (χ2v) is 4.39. The third kappa shape index (κ3) is 2.18. The van der Waals surface area contributed by atoms with E-state index in [1.807, 2.05) is 31.2 Å². The molecular weight excluding hydrogens is 160 g/mol. The van der Waals surface area contributed by atoms with Crippen LogP contribution in [0.15, 0.2) is 29.1 Å². The second-order valence-electron chi connectivity index (χ2n) is 4.39. The highest BCUT2D eigenvalue weighted by molar-refractivity contribution is 5.26. The van der Waals surface area contributed by atoms with Gasteiger partial charge in [-0.2, -0.15) is 0 Å². The summed E-state index contributed by atoms with van der Waals surface area (Å²) in [6, 6.07) is 7.61. The van der Waals surface area contributed by atoms with E-state index in [1.165, 1.54) is 0 Å². The molecule has 0 saturated heterocycles. The molecule has 0 unspecified atom stereocenters. The minimum Gasteiger partial charge on any atom is -0.289 e. The van der Waals surface area contributed by atoms with Crippen LogP contribution < -0.4 is 5.43 Å². The van der Waals surface area contributed by atoms with E-state index in [4.69, 9.17) is 0 Å². The monoisotopic (exact) mass is 176 g/mol. The average Bonchev–Trinajstić information content (AvgIpc) is 2.14. The van der Waals surface area contributed by atoms with Crippen LogP contribution in [0.1, 0.15) is 31.9 Å². The van der Waals surface area contributed by atoms with Crippen molar-refractivity contribution in [3.63, 3.8) is 0 Å². The van der Waals surface area contributed by atoms with Crippen molar-refractivity contribution in [2.45, 2.75) is 33.1 Å². The molecule has 0 spiro atoms. The standard InChI is InChI=1S/C12H16O/c1-9-7-5-6-8-10(11(9)13)12(2,3)4/h5-8H,1-4H3. The Morgan fingerprint density at radius 3 is 2.15 bits per heavy atom. The van der Waals surface area contributed by atoms with E-state index >= 15 is 0 Å². The quantitative estimate of drug-likeness (QED) is 0.594. The SMILES string of the molecule is Cc1ccccc(C(C)(C)C)c1=O. The fourth-order valence-electron chi connectivity index (χ4n) is 1.31. The van der Waals surface area contributed by atoms with Crippen molar-refractivity contribution < 1.29 is 0 Å². The third-order valence-corrected chi connectivity index (χ3v) is 2.13. The van der Waals surface area contributed by atoms with Crippen molar-refractivity contribution in [3.05, 3.63) is 45.6 Å². The zero-order valence-corrected chi connectivity index (χ0v) is 8.72. The van der Waals surface area contributed by atoms with Gasteiger partial charge in [0.2, 0.25) is 0 Å². The summed E-state index contributed by atoms with van der Waals surface area (Å²) in [4.78, 5) is 11.8. The van der Waals surface area contributed by atoms with Crippen LogP contribution in [-0.4, -0.2) is 0 Å². The van der Waals surface area contributed by atoms with Crippen LogP contribution >= 0.6 is 0 Å². The molecule has 0 heterocycles. The number of hydrogen-bond donors (Lipinski definition) is 0. The molecule has 0 aliphatic carbocycles. The van der Waals surface area contributed by atoms with Gasteiger partial charge in [-0.3, -0.25) is 4.79 Å². The minimum atomic E-state index is -0.0686. The van der Waals surface area contributed by atoms with Gasteiger partial charge in [0.15, 0.2) is 5.43 Å². The molecule has 70 valence electrons. The molecular formula is C12H16O. The molecule has 0 N–H and O–H groups in total. The van der Waals surface area contributed by atoms with Crippen molar-refractivity contribution in [1.29, 1.82) is 0 Å². The first kappa shape index (κ1) is 9.97. The Morgan fingerprint density at radius 2 is 1.62 bits per heavy atom. The molecule has 0 fully saturated rings. The van der Waals surface area contributed by atoms with Crippen molar-refractivity contribution >= 4 is 0 Å². The lowest BCUT2D eigenvalue weighted by Crippen LogP contribution is -2.21. The molecule has 0 atom stereocenters. The molecule has 1 heteroatoms. The molecule has 1 aromatic carbocycles. The summed E-state index contributed by atoms with van der Waals surface area (Å²) in [5.74, 6) is 0. The van der Waals surface area contributed by atoms with Crippen LogP contribution in [0, 0.1) is 6.92 Å². The van der Waals surface area contributed by atoms with Crippen molar-refractivity contribution in [2.75, 3.05) is 0 Å². The van der Waals surface area contributed by atoms with Gasteiger partial charge >= 0.3 is 0 Å². The molecule has 13 heavy (non-hydrogen) atoms. The first-order valence-electron chi connectivity index (χ1n) is 4.53. The Hall–Kier alpha value is -1.11. The highest BCUT2D eigenvalue weighted by Gasteiger charge is 2.16. The van der Waals surface area contributed by atoms with Crippen LogP contribution in [-0.2, 0) is 5.41 Å². The topological polar surface area (TPSA) is 17.1 Å². The molecule has 0 amide bonds. The first-order valence-corrected chi connectivity index (χ1v) is 4.53. The van der Waals surface area contributed by atoms with Crippen molar-refractivity contribution in [2.24, 2.45) is 0 Å². The smallest absolute Gasteiger partial charge is 0.185 e. The lowest BCUT2D eigenvalue weighted by molar-refractivity contribution is 0.586. The summed E-state index contributed by atoms with van der Waals surface area (Å²) in [5.41, 5.74) is 1.79. The highest BCUT2D eigenvalue weighted by Crippen LogP contribution is 2.17. The van der Waals surface area contributed by atoms with E-state index in [0.717, 1.165) is 11.1 Å². The van der Waals surface area contributed by atoms with Gasteiger partial charge in [-0.25, -0.2) is 0 Å². The number of aryl methyl sites for hydroxylation is 1. The van der Waals surface area contributed by atoms with Crippen molar-refractivity contribution in [3.8, 4) is 0 Å². The lowest BCUT2D eigenvalue weighted by atomic mass is 9.87. The molecule has 0 aliphatic heterocycles. The Bertz CT molecular complexity index is 358. The Labute approximate surface area is 79.4 Å². The molecule has 0 saturated carbocycles. The van der Waals surface area contributed by atoms with E-state index in [9.17, 15) is 4.79 Å². The lowest BCUT2D eigenvalue weighted by Gasteiger charge is -2.16. The predicted octanol–water partition coefficient (Wildman–Crippen LogP) is 2.65. The maximum Gasteiger partial charge on any atom is 0.185 e. The van der Waals surface area contributed by atoms with Gasteiger partial charge in [-0.15, -0.1) is 0 Å². The van der Waals surface area contributed by atoms with E-state index in [1.54, 1.807) is 0 Å². The maximum atomic E-state index is 11.8.